The highest BCUT2D eigenvalue weighted by molar-refractivity contribution is 14.1. The number of aromatic carboxylic acids is 1. The SMILES string of the molecule is CCCC(CCO[Si](c1ccccc1)(c1ccccc1)C(C)(C)C)Nc1nc(NC(=O)OC)nc2c(I)nn(Cc3cnc(C(=O)O)cc3OC)c12. The largest absolute Gasteiger partial charge is 0.496 e. The number of amides is 1. The van der Waals surface area contributed by atoms with Crippen LogP contribution in [0.3, 0.4) is 0 Å². The summed E-state index contributed by atoms with van der Waals surface area (Å²) in [5.74, 6) is -0.280. The molecule has 5 aromatic rings. The van der Waals surface area contributed by atoms with E-state index in [9.17, 15) is 14.7 Å². The van der Waals surface area contributed by atoms with Gasteiger partial charge in [-0.25, -0.2) is 19.6 Å². The number of benzene rings is 2. The number of nitrogens with zero attached hydrogens (tertiary/aromatic N) is 5. The Hall–Kier alpha value is -4.61. The van der Waals surface area contributed by atoms with Crippen molar-refractivity contribution in [2.45, 2.75) is 64.6 Å². The van der Waals surface area contributed by atoms with E-state index in [1.807, 2.05) is 12.1 Å². The summed E-state index contributed by atoms with van der Waals surface area (Å²) in [6.07, 6.45) is 3.14. The summed E-state index contributed by atoms with van der Waals surface area (Å²) < 4.78 is 19.9. The first-order valence-electron chi connectivity index (χ1n) is 17.0. The van der Waals surface area contributed by atoms with Crippen molar-refractivity contribution < 1.29 is 28.6 Å². The number of fused-ring (bicyclic) bond motifs is 1. The van der Waals surface area contributed by atoms with Gasteiger partial charge in [-0.15, -0.1) is 0 Å². The fourth-order valence-corrected chi connectivity index (χ4v) is 11.7. The van der Waals surface area contributed by atoms with Crippen LogP contribution in [0.5, 0.6) is 5.75 Å². The molecule has 1 unspecified atom stereocenters. The van der Waals surface area contributed by atoms with Crippen LogP contribution in [0.15, 0.2) is 72.9 Å². The average Bonchev–Trinajstić information content (AvgIpc) is 3.44. The highest BCUT2D eigenvalue weighted by Crippen LogP contribution is 2.37. The van der Waals surface area contributed by atoms with Gasteiger partial charge in [0.1, 0.15) is 20.5 Å². The number of rotatable bonds is 15. The van der Waals surface area contributed by atoms with Crippen molar-refractivity contribution in [3.8, 4) is 5.75 Å². The fraction of sp³-hybridized carbons (Fsp3) is 0.351. The molecule has 13 nitrogen and oxygen atoms in total. The Morgan fingerprint density at radius 1 is 1.00 bits per heavy atom. The molecular formula is C37H44IN7O6Si. The predicted octanol–water partition coefficient (Wildman–Crippen LogP) is 6.31. The Balaban J connectivity index is 1.52. The zero-order chi connectivity index (χ0) is 37.5. The zero-order valence-corrected chi connectivity index (χ0v) is 33.3. The minimum absolute atomic E-state index is 0.0585. The molecule has 5 rings (SSSR count). The van der Waals surface area contributed by atoms with Crippen LogP contribution in [0.4, 0.5) is 16.6 Å². The second-order valence-corrected chi connectivity index (χ2v) is 18.6. The Kier molecular flexibility index (Phi) is 12.5. The highest BCUT2D eigenvalue weighted by Gasteiger charge is 2.50. The standard InChI is InChI=1S/C37H44IN7O6Si/c1-7-14-25(19-20-51-52(37(2,3)4,26-15-10-8-11-16-26)27-17-12-9-13-18-27)40-33-31-30(41-35(42-33)43-36(48)50-6)32(38)44-45(31)23-24-22-39-28(34(46)47)21-29(24)49-5/h8-13,15-18,21-22,25H,7,14,19-20,23H2,1-6H3,(H,46,47)(H2,40,41,42,43,48). The van der Waals surface area contributed by atoms with Gasteiger partial charge in [0.2, 0.25) is 5.95 Å². The summed E-state index contributed by atoms with van der Waals surface area (Å²) in [6, 6.07) is 22.4. The molecule has 1 amide bonds. The maximum absolute atomic E-state index is 12.2. The molecule has 3 heterocycles. The lowest BCUT2D eigenvalue weighted by molar-refractivity contribution is 0.0690. The molecule has 0 fully saturated rings. The molecule has 15 heteroatoms. The van der Waals surface area contributed by atoms with Gasteiger partial charge in [-0.2, -0.15) is 10.1 Å². The van der Waals surface area contributed by atoms with Crippen molar-refractivity contribution in [1.82, 2.24) is 24.7 Å². The first-order chi connectivity index (χ1) is 24.9. The number of hydrogen-bond donors (Lipinski definition) is 3. The monoisotopic (exact) mass is 837 g/mol. The number of ether oxygens (including phenoxy) is 2. The Bertz CT molecular complexity index is 1970. The Labute approximate surface area is 317 Å². The molecule has 274 valence electrons. The minimum atomic E-state index is -2.76. The average molecular weight is 838 g/mol. The van der Waals surface area contributed by atoms with E-state index in [0.29, 0.717) is 44.9 Å². The molecule has 0 radical (unpaired) electrons. The van der Waals surface area contributed by atoms with Crippen LogP contribution >= 0.6 is 22.6 Å². The molecule has 2 aromatic carbocycles. The fourth-order valence-electron chi connectivity index (χ4n) is 6.46. The molecule has 3 aromatic heterocycles. The Morgan fingerprint density at radius 2 is 1.65 bits per heavy atom. The summed E-state index contributed by atoms with van der Waals surface area (Å²) >= 11 is 2.10. The van der Waals surface area contributed by atoms with E-state index in [2.05, 4.69) is 119 Å². The molecule has 0 aliphatic rings. The topological polar surface area (TPSA) is 163 Å². The smallest absolute Gasteiger partial charge is 0.413 e. The van der Waals surface area contributed by atoms with Crippen LogP contribution in [0, 0.1) is 3.70 Å². The number of anilines is 2. The number of hydrogen-bond acceptors (Lipinski definition) is 10. The van der Waals surface area contributed by atoms with Crippen molar-refractivity contribution in [2.24, 2.45) is 0 Å². The highest BCUT2D eigenvalue weighted by atomic mass is 127. The van der Waals surface area contributed by atoms with E-state index >= 15 is 0 Å². The summed E-state index contributed by atoms with van der Waals surface area (Å²) in [4.78, 5) is 37.3. The van der Waals surface area contributed by atoms with E-state index in [-0.39, 0.29) is 29.3 Å². The number of halogens is 1. The van der Waals surface area contributed by atoms with Gasteiger partial charge in [-0.3, -0.25) is 10.00 Å². The van der Waals surface area contributed by atoms with Crippen molar-refractivity contribution in [1.29, 1.82) is 0 Å². The summed E-state index contributed by atoms with van der Waals surface area (Å²) in [6.45, 7) is 9.59. The molecule has 0 spiro atoms. The Morgan fingerprint density at radius 3 is 2.21 bits per heavy atom. The van der Waals surface area contributed by atoms with Gasteiger partial charge in [-0.1, -0.05) is 94.8 Å². The minimum Gasteiger partial charge on any atom is -0.496 e. The molecule has 0 aliphatic carbocycles. The van der Waals surface area contributed by atoms with Crippen LogP contribution in [0.2, 0.25) is 5.04 Å². The number of methoxy groups -OCH3 is 2. The van der Waals surface area contributed by atoms with Crippen LogP contribution in [0.25, 0.3) is 11.0 Å². The van der Waals surface area contributed by atoms with Gasteiger partial charge >= 0.3 is 12.1 Å². The molecule has 52 heavy (non-hydrogen) atoms. The maximum Gasteiger partial charge on any atom is 0.413 e. The molecule has 3 N–H and O–H groups in total. The van der Waals surface area contributed by atoms with E-state index in [4.69, 9.17) is 24.0 Å². The van der Waals surface area contributed by atoms with E-state index in [0.717, 1.165) is 12.8 Å². The van der Waals surface area contributed by atoms with E-state index < -0.39 is 20.4 Å². The van der Waals surface area contributed by atoms with E-state index in [1.54, 1.807) is 4.68 Å². The number of nitrogens with one attached hydrogen (secondary N) is 2. The first-order valence-corrected chi connectivity index (χ1v) is 20.0. The second-order valence-electron chi connectivity index (χ2n) is 13.3. The molecule has 1 atom stereocenters. The zero-order valence-electron chi connectivity index (χ0n) is 30.1. The third kappa shape index (κ3) is 8.37. The van der Waals surface area contributed by atoms with Crippen molar-refractivity contribution in [3.05, 3.63) is 87.9 Å². The quantitative estimate of drug-likeness (QED) is 0.0801. The van der Waals surface area contributed by atoms with Gasteiger partial charge in [0.25, 0.3) is 8.32 Å². The van der Waals surface area contributed by atoms with Gasteiger partial charge in [0.15, 0.2) is 11.5 Å². The van der Waals surface area contributed by atoms with Gasteiger partial charge in [0, 0.05) is 30.5 Å². The second kappa shape index (κ2) is 16.8. The lowest BCUT2D eigenvalue weighted by Gasteiger charge is -2.43. The van der Waals surface area contributed by atoms with Crippen LogP contribution in [-0.4, -0.2) is 77.1 Å². The van der Waals surface area contributed by atoms with Crippen LogP contribution in [0.1, 0.15) is 63.0 Å². The number of carboxylic acid groups (broad SMARTS) is 1. The molecular weight excluding hydrogens is 793 g/mol. The van der Waals surface area contributed by atoms with Crippen LogP contribution < -0.4 is 25.7 Å². The predicted molar refractivity (Wildman–Crippen MR) is 211 cm³/mol. The summed E-state index contributed by atoms with van der Waals surface area (Å²) in [5.41, 5.74) is 1.59. The van der Waals surface area contributed by atoms with Crippen molar-refractivity contribution in [2.75, 3.05) is 31.5 Å². The molecule has 0 bridgehead atoms. The van der Waals surface area contributed by atoms with E-state index in [1.165, 1.54) is 36.9 Å². The van der Waals surface area contributed by atoms with Crippen molar-refractivity contribution >= 4 is 76.1 Å². The number of carbonyl (C=O) groups excluding carboxylic acids is 1. The number of aromatic nitrogens is 5. The first kappa shape index (κ1) is 38.6. The summed E-state index contributed by atoms with van der Waals surface area (Å²) in [7, 11) is -0.0146. The molecule has 0 saturated heterocycles. The maximum atomic E-state index is 12.2. The van der Waals surface area contributed by atoms with Crippen LogP contribution in [-0.2, 0) is 15.7 Å². The number of carboxylic acids is 1. The van der Waals surface area contributed by atoms with Crippen molar-refractivity contribution in [3.63, 3.8) is 0 Å². The number of carbonyl (C=O) groups is 2. The van der Waals surface area contributed by atoms with Gasteiger partial charge in [0.05, 0.1) is 20.8 Å². The third-order valence-electron chi connectivity index (χ3n) is 8.83. The van der Waals surface area contributed by atoms with Gasteiger partial charge in [-0.05, 0) is 50.8 Å². The normalized spacial score (nSPS) is 12.4. The lowest BCUT2D eigenvalue weighted by Crippen LogP contribution is -2.66. The number of pyridine rings is 1. The third-order valence-corrected chi connectivity index (χ3v) is 14.6. The molecule has 0 saturated carbocycles. The summed E-state index contributed by atoms with van der Waals surface area (Å²) in [5, 5.41) is 22.7. The lowest BCUT2D eigenvalue weighted by atomic mass is 10.1. The molecule has 0 aliphatic heterocycles. The van der Waals surface area contributed by atoms with Gasteiger partial charge < -0.3 is 24.3 Å².